The number of carbonyl (C=O) groups excluding carboxylic acids is 1. The fourth-order valence-corrected chi connectivity index (χ4v) is 3.57. The van der Waals surface area contributed by atoms with Crippen molar-refractivity contribution in [2.75, 3.05) is 33.5 Å². The van der Waals surface area contributed by atoms with Gasteiger partial charge in [-0.2, -0.15) is 0 Å². The minimum Gasteiger partial charge on any atom is -0.497 e. The zero-order valence-corrected chi connectivity index (χ0v) is 15.8. The van der Waals surface area contributed by atoms with Crippen LogP contribution in [0.5, 0.6) is 5.75 Å². The number of thiazole rings is 1. The van der Waals surface area contributed by atoms with Crippen molar-refractivity contribution in [1.29, 1.82) is 0 Å². The third-order valence-corrected chi connectivity index (χ3v) is 5.09. The van der Waals surface area contributed by atoms with Gasteiger partial charge in [0, 0.05) is 12.1 Å². The van der Waals surface area contributed by atoms with Crippen LogP contribution < -0.4 is 15.8 Å². The number of nitrogens with zero attached hydrogens (tertiary/aromatic N) is 2. The first-order valence-corrected chi connectivity index (χ1v) is 9.04. The standard InChI is InChI=1S/C19H22N4O2S/c1-23(2)16(12-4-7-14(25-3)8-5-12)11-21-18(24)13-6-9-15-17(10-13)26-19(20)22-15/h4-10,16H,11H2,1-3H3,(H2,20,22)(H,21,24)/t16-/m0/s1. The SMILES string of the molecule is COc1ccc([C@H](CNC(=O)c2ccc3nc(N)sc3c2)N(C)C)cc1. The Morgan fingerprint density at radius 1 is 1.27 bits per heavy atom. The van der Waals surface area contributed by atoms with Crippen molar-refractivity contribution >= 4 is 32.6 Å². The number of likely N-dealkylation sites (N-methyl/N-ethyl adjacent to an activating group) is 1. The first-order valence-electron chi connectivity index (χ1n) is 8.22. The summed E-state index contributed by atoms with van der Waals surface area (Å²) in [4.78, 5) is 18.8. The normalized spacial score (nSPS) is 12.3. The summed E-state index contributed by atoms with van der Waals surface area (Å²) in [5.41, 5.74) is 8.26. The molecule has 0 bridgehead atoms. The summed E-state index contributed by atoms with van der Waals surface area (Å²) in [6, 6.07) is 13.4. The van der Waals surface area contributed by atoms with E-state index in [2.05, 4.69) is 15.2 Å². The molecule has 0 saturated carbocycles. The molecule has 0 spiro atoms. The average molecular weight is 370 g/mol. The molecule has 0 fully saturated rings. The van der Waals surface area contributed by atoms with E-state index in [9.17, 15) is 4.79 Å². The van der Waals surface area contributed by atoms with Crippen molar-refractivity contribution in [3.63, 3.8) is 0 Å². The van der Waals surface area contributed by atoms with E-state index in [1.54, 1.807) is 13.2 Å². The van der Waals surface area contributed by atoms with Gasteiger partial charge in [0.1, 0.15) is 5.75 Å². The maximum Gasteiger partial charge on any atom is 0.251 e. The largest absolute Gasteiger partial charge is 0.497 e. The third-order valence-electron chi connectivity index (χ3n) is 4.25. The number of aromatic nitrogens is 1. The molecule has 0 aliphatic heterocycles. The van der Waals surface area contributed by atoms with Crippen molar-refractivity contribution in [3.05, 3.63) is 53.6 Å². The Labute approximate surface area is 156 Å². The Balaban J connectivity index is 1.71. The Hall–Kier alpha value is -2.64. The number of nitrogen functional groups attached to an aromatic ring is 1. The average Bonchev–Trinajstić information content (AvgIpc) is 3.01. The maximum atomic E-state index is 12.6. The Kier molecular flexibility index (Phi) is 5.39. The fourth-order valence-electron chi connectivity index (χ4n) is 2.80. The number of nitrogens with one attached hydrogen (secondary N) is 1. The summed E-state index contributed by atoms with van der Waals surface area (Å²) in [6.07, 6.45) is 0. The number of amides is 1. The number of hydrogen-bond acceptors (Lipinski definition) is 6. The molecule has 3 aromatic rings. The van der Waals surface area contributed by atoms with E-state index in [4.69, 9.17) is 10.5 Å². The third kappa shape index (κ3) is 3.95. The lowest BCUT2D eigenvalue weighted by atomic mass is 10.1. The molecule has 1 amide bonds. The van der Waals surface area contributed by atoms with E-state index in [1.165, 1.54) is 11.3 Å². The predicted molar refractivity (Wildman–Crippen MR) is 106 cm³/mol. The van der Waals surface area contributed by atoms with Gasteiger partial charge < -0.3 is 20.7 Å². The summed E-state index contributed by atoms with van der Waals surface area (Å²) in [5.74, 6) is 0.701. The van der Waals surface area contributed by atoms with Crippen LogP contribution in [0.25, 0.3) is 10.2 Å². The van der Waals surface area contributed by atoms with Gasteiger partial charge in [-0.15, -0.1) is 0 Å². The second-order valence-corrected chi connectivity index (χ2v) is 7.26. The minimum absolute atomic E-state index is 0.0626. The number of carbonyl (C=O) groups is 1. The summed E-state index contributed by atoms with van der Waals surface area (Å²) in [5, 5.41) is 3.52. The lowest BCUT2D eigenvalue weighted by Gasteiger charge is -2.25. The second-order valence-electron chi connectivity index (χ2n) is 6.20. The fraction of sp³-hybridized carbons (Fsp3) is 0.263. The molecule has 7 heteroatoms. The Bertz CT molecular complexity index is 906. The van der Waals surface area contributed by atoms with E-state index in [1.807, 2.05) is 50.5 Å². The summed E-state index contributed by atoms with van der Waals surface area (Å²) >= 11 is 1.38. The topological polar surface area (TPSA) is 80.5 Å². The van der Waals surface area contributed by atoms with Crippen molar-refractivity contribution in [2.24, 2.45) is 0 Å². The highest BCUT2D eigenvalue weighted by Crippen LogP contribution is 2.25. The molecule has 0 aliphatic carbocycles. The van der Waals surface area contributed by atoms with E-state index in [-0.39, 0.29) is 11.9 Å². The highest BCUT2D eigenvalue weighted by atomic mass is 32.1. The molecule has 0 saturated heterocycles. The highest BCUT2D eigenvalue weighted by molar-refractivity contribution is 7.22. The summed E-state index contributed by atoms with van der Waals surface area (Å²) in [6.45, 7) is 0.501. The van der Waals surface area contributed by atoms with E-state index >= 15 is 0 Å². The molecular formula is C19H22N4O2S. The molecule has 6 nitrogen and oxygen atoms in total. The lowest BCUT2D eigenvalue weighted by Crippen LogP contribution is -2.34. The molecule has 1 heterocycles. The highest BCUT2D eigenvalue weighted by Gasteiger charge is 2.16. The number of rotatable bonds is 6. The lowest BCUT2D eigenvalue weighted by molar-refractivity contribution is 0.0942. The van der Waals surface area contributed by atoms with Crippen LogP contribution in [0.2, 0.25) is 0 Å². The molecule has 0 unspecified atom stereocenters. The van der Waals surface area contributed by atoms with Crippen LogP contribution in [-0.4, -0.2) is 43.5 Å². The predicted octanol–water partition coefficient (Wildman–Crippen LogP) is 2.92. The van der Waals surface area contributed by atoms with Gasteiger partial charge in [-0.1, -0.05) is 23.5 Å². The molecule has 136 valence electrons. The summed E-state index contributed by atoms with van der Waals surface area (Å²) in [7, 11) is 5.63. The van der Waals surface area contributed by atoms with Crippen molar-refractivity contribution in [1.82, 2.24) is 15.2 Å². The number of benzene rings is 2. The van der Waals surface area contributed by atoms with Gasteiger partial charge in [-0.25, -0.2) is 4.98 Å². The molecule has 2 aromatic carbocycles. The van der Waals surface area contributed by atoms with Crippen molar-refractivity contribution < 1.29 is 9.53 Å². The van der Waals surface area contributed by atoms with Gasteiger partial charge in [0.15, 0.2) is 5.13 Å². The van der Waals surface area contributed by atoms with Gasteiger partial charge >= 0.3 is 0 Å². The zero-order chi connectivity index (χ0) is 18.7. The Morgan fingerprint density at radius 3 is 2.65 bits per heavy atom. The van der Waals surface area contributed by atoms with Gasteiger partial charge in [0.05, 0.1) is 23.4 Å². The number of ether oxygens (including phenoxy) is 1. The number of fused-ring (bicyclic) bond motifs is 1. The molecule has 3 N–H and O–H groups in total. The Morgan fingerprint density at radius 2 is 2.00 bits per heavy atom. The molecule has 3 rings (SSSR count). The molecular weight excluding hydrogens is 348 g/mol. The molecule has 0 aliphatic rings. The smallest absolute Gasteiger partial charge is 0.251 e. The number of anilines is 1. The van der Waals surface area contributed by atoms with Gasteiger partial charge in [-0.05, 0) is 50.0 Å². The van der Waals surface area contributed by atoms with E-state index in [0.717, 1.165) is 21.5 Å². The molecule has 1 aromatic heterocycles. The van der Waals surface area contributed by atoms with Crippen LogP contribution in [0.3, 0.4) is 0 Å². The van der Waals surface area contributed by atoms with Gasteiger partial charge in [0.25, 0.3) is 5.91 Å². The molecule has 1 atom stereocenters. The quantitative estimate of drug-likeness (QED) is 0.697. The molecule has 26 heavy (non-hydrogen) atoms. The van der Waals surface area contributed by atoms with Gasteiger partial charge in [0.2, 0.25) is 0 Å². The van der Waals surface area contributed by atoms with Crippen LogP contribution in [0.1, 0.15) is 22.0 Å². The van der Waals surface area contributed by atoms with Crippen LogP contribution in [0.15, 0.2) is 42.5 Å². The first kappa shape index (κ1) is 18.2. The number of methoxy groups -OCH3 is 1. The van der Waals surface area contributed by atoms with Crippen molar-refractivity contribution in [2.45, 2.75) is 6.04 Å². The van der Waals surface area contributed by atoms with E-state index in [0.29, 0.717) is 17.2 Å². The van der Waals surface area contributed by atoms with Crippen LogP contribution in [-0.2, 0) is 0 Å². The van der Waals surface area contributed by atoms with Gasteiger partial charge in [-0.3, -0.25) is 4.79 Å². The van der Waals surface area contributed by atoms with Crippen LogP contribution in [0.4, 0.5) is 5.13 Å². The maximum absolute atomic E-state index is 12.6. The summed E-state index contributed by atoms with van der Waals surface area (Å²) < 4.78 is 6.12. The number of hydrogen-bond donors (Lipinski definition) is 2. The monoisotopic (exact) mass is 370 g/mol. The first-order chi connectivity index (χ1) is 12.5. The van der Waals surface area contributed by atoms with Crippen molar-refractivity contribution in [3.8, 4) is 5.75 Å². The molecule has 0 radical (unpaired) electrons. The van der Waals surface area contributed by atoms with Crippen LogP contribution in [0, 0.1) is 0 Å². The second kappa shape index (κ2) is 7.72. The minimum atomic E-state index is -0.112. The number of nitrogens with two attached hydrogens (primary N) is 1. The van der Waals surface area contributed by atoms with E-state index < -0.39 is 0 Å². The zero-order valence-electron chi connectivity index (χ0n) is 15.0. The van der Waals surface area contributed by atoms with Crippen LogP contribution >= 0.6 is 11.3 Å².